The summed E-state index contributed by atoms with van der Waals surface area (Å²) in [4.78, 5) is 14.5. The van der Waals surface area contributed by atoms with Crippen molar-refractivity contribution in [2.24, 2.45) is 0 Å². The smallest absolute Gasteiger partial charge is 0.180 e. The third kappa shape index (κ3) is 4.03. The van der Waals surface area contributed by atoms with Crippen molar-refractivity contribution < 1.29 is 19.4 Å². The first-order valence-corrected chi connectivity index (χ1v) is 7.12. The normalized spacial score (nSPS) is 22.0. The van der Waals surface area contributed by atoms with E-state index in [9.17, 15) is 9.90 Å². The number of carbonyl (C=O) groups excluding carboxylic acids is 1. The van der Waals surface area contributed by atoms with E-state index in [1.165, 1.54) is 0 Å². The van der Waals surface area contributed by atoms with Crippen LogP contribution in [0.3, 0.4) is 0 Å². The Kier molecular flexibility index (Phi) is 4.98. The minimum atomic E-state index is -0.368. The molecule has 1 aromatic rings. The summed E-state index contributed by atoms with van der Waals surface area (Å²) in [6, 6.07) is 7.23. The molecule has 0 saturated carbocycles. The van der Waals surface area contributed by atoms with Crippen LogP contribution in [0.5, 0.6) is 5.75 Å². The predicted molar refractivity (Wildman–Crippen MR) is 79.8 cm³/mol. The number of aliphatic hydroxyl groups is 1. The molecule has 5 nitrogen and oxygen atoms in total. The first-order valence-electron chi connectivity index (χ1n) is 7.12. The Morgan fingerprint density at radius 1 is 1.48 bits per heavy atom. The van der Waals surface area contributed by atoms with Crippen LogP contribution in [-0.4, -0.2) is 60.8 Å². The number of morpholine rings is 1. The Morgan fingerprint density at radius 3 is 2.86 bits per heavy atom. The number of ether oxygens (including phenoxy) is 2. The van der Waals surface area contributed by atoms with E-state index in [0.29, 0.717) is 30.9 Å². The Balaban J connectivity index is 2.08. The van der Waals surface area contributed by atoms with Gasteiger partial charge in [0, 0.05) is 13.1 Å². The van der Waals surface area contributed by atoms with Gasteiger partial charge in [-0.05, 0) is 26.0 Å². The number of benzene rings is 1. The highest BCUT2D eigenvalue weighted by atomic mass is 16.5. The summed E-state index contributed by atoms with van der Waals surface area (Å²) in [5.74, 6) is 0.607. The van der Waals surface area contributed by atoms with Gasteiger partial charge in [-0.3, -0.25) is 9.69 Å². The molecule has 0 aliphatic carbocycles. The van der Waals surface area contributed by atoms with Gasteiger partial charge in [0.1, 0.15) is 5.75 Å². The van der Waals surface area contributed by atoms with Crippen molar-refractivity contribution in [1.29, 1.82) is 0 Å². The minimum Gasteiger partial charge on any atom is -0.496 e. The molecule has 0 spiro atoms. The molecule has 1 saturated heterocycles. The number of ketones is 1. The summed E-state index contributed by atoms with van der Waals surface area (Å²) in [7, 11) is 1.56. The molecular formula is C16H23NO4. The third-order valence-corrected chi connectivity index (χ3v) is 3.53. The van der Waals surface area contributed by atoms with Crippen LogP contribution in [0.1, 0.15) is 24.2 Å². The molecule has 2 rings (SSSR count). The van der Waals surface area contributed by atoms with Gasteiger partial charge in [-0.15, -0.1) is 0 Å². The SMILES string of the molecule is COc1ccccc1C(=O)CN1CC(CO)OC(C)(C)C1. The lowest BCUT2D eigenvalue weighted by Crippen LogP contribution is -2.54. The lowest BCUT2D eigenvalue weighted by Gasteiger charge is -2.42. The average molecular weight is 293 g/mol. The summed E-state index contributed by atoms with van der Waals surface area (Å²) >= 11 is 0. The predicted octanol–water partition coefficient (Wildman–Crippen LogP) is 1.35. The van der Waals surface area contributed by atoms with Gasteiger partial charge in [0.25, 0.3) is 0 Å². The van der Waals surface area contributed by atoms with E-state index in [4.69, 9.17) is 9.47 Å². The van der Waals surface area contributed by atoms with Crippen LogP contribution in [0.25, 0.3) is 0 Å². The van der Waals surface area contributed by atoms with E-state index in [0.717, 1.165) is 0 Å². The van der Waals surface area contributed by atoms with Gasteiger partial charge < -0.3 is 14.6 Å². The van der Waals surface area contributed by atoms with E-state index in [2.05, 4.69) is 0 Å². The standard InChI is InChI=1S/C16H23NO4/c1-16(2)11-17(8-12(10-18)21-16)9-14(19)13-6-4-5-7-15(13)20-3/h4-7,12,18H,8-11H2,1-3H3. The number of hydrogen-bond acceptors (Lipinski definition) is 5. The van der Waals surface area contributed by atoms with Crippen LogP contribution in [0.15, 0.2) is 24.3 Å². The molecule has 5 heteroatoms. The van der Waals surface area contributed by atoms with Crippen LogP contribution < -0.4 is 4.74 Å². The molecule has 1 aromatic carbocycles. The fourth-order valence-corrected chi connectivity index (χ4v) is 2.80. The van der Waals surface area contributed by atoms with E-state index in [-0.39, 0.29) is 24.1 Å². The Morgan fingerprint density at radius 2 is 2.19 bits per heavy atom. The number of para-hydroxylation sites is 1. The molecule has 1 aliphatic rings. The zero-order valence-corrected chi connectivity index (χ0v) is 12.8. The molecule has 21 heavy (non-hydrogen) atoms. The monoisotopic (exact) mass is 293 g/mol. The van der Waals surface area contributed by atoms with Gasteiger partial charge in [0.15, 0.2) is 5.78 Å². The number of hydrogen-bond donors (Lipinski definition) is 1. The van der Waals surface area contributed by atoms with Crippen LogP contribution in [0.2, 0.25) is 0 Å². The number of aliphatic hydroxyl groups excluding tert-OH is 1. The van der Waals surface area contributed by atoms with Crippen molar-refractivity contribution >= 4 is 5.78 Å². The fraction of sp³-hybridized carbons (Fsp3) is 0.562. The van der Waals surface area contributed by atoms with E-state index >= 15 is 0 Å². The first kappa shape index (κ1) is 15.9. The highest BCUT2D eigenvalue weighted by Gasteiger charge is 2.34. The maximum Gasteiger partial charge on any atom is 0.180 e. The van der Waals surface area contributed by atoms with E-state index in [1.807, 2.05) is 30.9 Å². The van der Waals surface area contributed by atoms with Crippen molar-refractivity contribution in [1.82, 2.24) is 4.90 Å². The second-order valence-corrected chi connectivity index (χ2v) is 5.98. The largest absolute Gasteiger partial charge is 0.496 e. The highest BCUT2D eigenvalue weighted by molar-refractivity contribution is 6.00. The summed E-state index contributed by atoms with van der Waals surface area (Å²) in [6.07, 6.45) is -0.251. The number of rotatable bonds is 5. The van der Waals surface area contributed by atoms with Gasteiger partial charge in [0.2, 0.25) is 0 Å². The highest BCUT2D eigenvalue weighted by Crippen LogP contribution is 2.23. The maximum atomic E-state index is 12.5. The molecule has 0 radical (unpaired) electrons. The van der Waals surface area contributed by atoms with Crippen molar-refractivity contribution in [2.45, 2.75) is 25.6 Å². The molecule has 1 N–H and O–H groups in total. The van der Waals surface area contributed by atoms with Gasteiger partial charge in [0.05, 0.1) is 37.5 Å². The molecule has 1 fully saturated rings. The first-order chi connectivity index (χ1) is 9.95. The van der Waals surface area contributed by atoms with E-state index < -0.39 is 0 Å². The lowest BCUT2D eigenvalue weighted by molar-refractivity contribution is -0.146. The van der Waals surface area contributed by atoms with E-state index in [1.54, 1.807) is 19.2 Å². The zero-order valence-electron chi connectivity index (χ0n) is 12.8. The number of carbonyl (C=O) groups is 1. The Hall–Kier alpha value is -1.43. The molecule has 1 unspecified atom stereocenters. The molecule has 0 amide bonds. The maximum absolute atomic E-state index is 12.5. The van der Waals surface area contributed by atoms with Crippen molar-refractivity contribution in [3.05, 3.63) is 29.8 Å². The summed E-state index contributed by atoms with van der Waals surface area (Å²) in [6.45, 7) is 5.41. The molecule has 0 aromatic heterocycles. The van der Waals surface area contributed by atoms with Crippen LogP contribution >= 0.6 is 0 Å². The Bertz CT molecular complexity index is 501. The van der Waals surface area contributed by atoms with Gasteiger partial charge in [-0.25, -0.2) is 0 Å². The Labute approximate surface area is 125 Å². The molecule has 1 heterocycles. The van der Waals surface area contributed by atoms with Gasteiger partial charge in [-0.2, -0.15) is 0 Å². The lowest BCUT2D eigenvalue weighted by atomic mass is 10.0. The zero-order chi connectivity index (χ0) is 15.5. The number of nitrogens with zero attached hydrogens (tertiary/aromatic N) is 1. The van der Waals surface area contributed by atoms with Crippen LogP contribution in [-0.2, 0) is 4.74 Å². The van der Waals surface area contributed by atoms with Gasteiger partial charge in [-0.1, -0.05) is 12.1 Å². The molecule has 116 valence electrons. The topological polar surface area (TPSA) is 59.0 Å². The van der Waals surface area contributed by atoms with Crippen molar-refractivity contribution in [3.8, 4) is 5.75 Å². The van der Waals surface area contributed by atoms with Crippen molar-refractivity contribution in [2.75, 3.05) is 33.4 Å². The summed E-state index contributed by atoms with van der Waals surface area (Å²) in [5.41, 5.74) is 0.219. The second kappa shape index (κ2) is 6.56. The number of methoxy groups -OCH3 is 1. The molecule has 1 atom stereocenters. The second-order valence-electron chi connectivity index (χ2n) is 5.98. The number of Topliss-reactive ketones (excluding diaryl/α,β-unsaturated/α-hetero) is 1. The average Bonchev–Trinajstić information content (AvgIpc) is 2.45. The quantitative estimate of drug-likeness (QED) is 0.831. The summed E-state index contributed by atoms with van der Waals surface area (Å²) in [5, 5.41) is 9.32. The molecule has 0 bridgehead atoms. The fourth-order valence-electron chi connectivity index (χ4n) is 2.80. The molecule has 1 aliphatic heterocycles. The summed E-state index contributed by atoms with van der Waals surface area (Å²) < 4.78 is 11.0. The van der Waals surface area contributed by atoms with Gasteiger partial charge >= 0.3 is 0 Å². The van der Waals surface area contributed by atoms with Crippen molar-refractivity contribution in [3.63, 3.8) is 0 Å². The minimum absolute atomic E-state index is 0.0156. The van der Waals surface area contributed by atoms with Crippen LogP contribution in [0, 0.1) is 0 Å². The molecular weight excluding hydrogens is 270 g/mol. The third-order valence-electron chi connectivity index (χ3n) is 3.53. The van der Waals surface area contributed by atoms with Crippen LogP contribution in [0.4, 0.5) is 0 Å².